The summed E-state index contributed by atoms with van der Waals surface area (Å²) in [7, 11) is 0. The molecule has 2 aliphatic rings. The van der Waals surface area contributed by atoms with Gasteiger partial charge in [0.15, 0.2) is 0 Å². The van der Waals surface area contributed by atoms with Gasteiger partial charge in [-0.1, -0.05) is 62.3 Å². The molecule has 32 heavy (non-hydrogen) atoms. The van der Waals surface area contributed by atoms with Crippen molar-refractivity contribution in [2.24, 2.45) is 11.8 Å². The number of hydrogen-bond acceptors (Lipinski definition) is 3. The van der Waals surface area contributed by atoms with Crippen molar-refractivity contribution in [2.75, 3.05) is 0 Å². The molecular weight excluding hydrogens is 394 g/mol. The normalized spacial score (nSPS) is 26.2. The van der Waals surface area contributed by atoms with Gasteiger partial charge in [0.2, 0.25) is 0 Å². The number of rotatable bonds is 9. The van der Waals surface area contributed by atoms with Crippen LogP contribution in [0.1, 0.15) is 94.6 Å². The van der Waals surface area contributed by atoms with Crippen molar-refractivity contribution in [1.82, 2.24) is 0 Å². The number of unbranched alkanes of at least 4 members (excludes halogenated alkanes) is 2. The number of benzene rings is 1. The average molecular weight is 434 g/mol. The van der Waals surface area contributed by atoms with Crippen LogP contribution in [0.2, 0.25) is 0 Å². The van der Waals surface area contributed by atoms with Crippen molar-refractivity contribution >= 4 is 5.97 Å². The topological polar surface area (TPSA) is 50.1 Å². The van der Waals surface area contributed by atoms with Gasteiger partial charge in [-0.25, -0.2) is 0 Å². The first-order chi connectivity index (χ1) is 15.7. The summed E-state index contributed by atoms with van der Waals surface area (Å²) in [5, 5.41) is 8.53. The van der Waals surface area contributed by atoms with Crippen LogP contribution in [0.25, 0.3) is 0 Å². The zero-order valence-electron chi connectivity index (χ0n) is 19.7. The fourth-order valence-corrected chi connectivity index (χ4v) is 5.18. The second-order valence-electron chi connectivity index (χ2n) is 9.59. The molecule has 0 bridgehead atoms. The number of nitrogens with zero attached hydrogens (tertiary/aromatic N) is 1. The van der Waals surface area contributed by atoms with E-state index in [1.54, 1.807) is 6.08 Å². The molecule has 0 aliphatic heterocycles. The molecule has 0 aromatic heterocycles. The Morgan fingerprint density at radius 3 is 2.38 bits per heavy atom. The summed E-state index contributed by atoms with van der Waals surface area (Å²) in [5.74, 6) is 1.22. The molecule has 3 rings (SSSR count). The highest BCUT2D eigenvalue weighted by molar-refractivity contribution is 5.72. The number of esters is 1. The molecule has 0 spiro atoms. The molecular formula is C29H39NO2. The standard InChI is InChI=1S/C29H39NO2/c1-2-3-5-8-23-10-14-25(15-11-23)26-16-18-27(19-17-26)29(31)32-28-20-12-24(13-21-28)9-6-4-7-22-30/h4,6-7,9-11,14-15,24,26-28H,2-3,5,8,12-13,16-21H2,1H3/b7-4?,9-6+. The van der Waals surface area contributed by atoms with E-state index in [0.717, 1.165) is 51.4 Å². The van der Waals surface area contributed by atoms with Crippen LogP contribution >= 0.6 is 0 Å². The highest BCUT2D eigenvalue weighted by atomic mass is 16.5. The summed E-state index contributed by atoms with van der Waals surface area (Å²) in [6, 6.07) is 11.2. The smallest absolute Gasteiger partial charge is 0.309 e. The maximum Gasteiger partial charge on any atom is 0.309 e. The number of ether oxygens (including phenoxy) is 1. The first-order valence-electron chi connectivity index (χ1n) is 12.7. The fourth-order valence-electron chi connectivity index (χ4n) is 5.18. The molecule has 0 N–H and O–H groups in total. The number of carbonyl (C=O) groups excluding carboxylic acids is 1. The van der Waals surface area contributed by atoms with E-state index in [4.69, 9.17) is 10.00 Å². The number of carbonyl (C=O) groups is 1. The monoisotopic (exact) mass is 433 g/mol. The summed E-state index contributed by atoms with van der Waals surface area (Å²) in [4.78, 5) is 12.7. The Bertz CT molecular complexity index is 785. The first kappa shape index (κ1) is 24.3. The van der Waals surface area contributed by atoms with E-state index in [2.05, 4.69) is 37.3 Å². The molecule has 0 heterocycles. The molecule has 2 fully saturated rings. The average Bonchev–Trinajstić information content (AvgIpc) is 2.83. The minimum Gasteiger partial charge on any atom is -0.462 e. The van der Waals surface area contributed by atoms with Gasteiger partial charge >= 0.3 is 5.97 Å². The van der Waals surface area contributed by atoms with E-state index in [0.29, 0.717) is 11.8 Å². The molecule has 2 aliphatic carbocycles. The molecule has 0 amide bonds. The van der Waals surface area contributed by atoms with Crippen LogP contribution in [0.4, 0.5) is 0 Å². The van der Waals surface area contributed by atoms with Gasteiger partial charge < -0.3 is 4.74 Å². The number of aryl methyl sites for hydroxylation is 1. The van der Waals surface area contributed by atoms with E-state index in [-0.39, 0.29) is 18.0 Å². The lowest BCUT2D eigenvalue weighted by molar-refractivity contribution is -0.157. The Kier molecular flexibility index (Phi) is 10.1. The second-order valence-corrected chi connectivity index (χ2v) is 9.59. The van der Waals surface area contributed by atoms with E-state index in [1.165, 1.54) is 42.9 Å². The largest absolute Gasteiger partial charge is 0.462 e. The number of hydrogen-bond donors (Lipinski definition) is 0. The second kappa shape index (κ2) is 13.3. The minimum atomic E-state index is 0.0330. The lowest BCUT2D eigenvalue weighted by Gasteiger charge is -2.31. The molecule has 2 saturated carbocycles. The third kappa shape index (κ3) is 7.66. The van der Waals surface area contributed by atoms with Gasteiger partial charge in [0, 0.05) is 6.08 Å². The molecule has 1 aromatic rings. The van der Waals surface area contributed by atoms with Crippen LogP contribution in [0.15, 0.2) is 48.6 Å². The predicted molar refractivity (Wildman–Crippen MR) is 130 cm³/mol. The van der Waals surface area contributed by atoms with Crippen LogP contribution in [-0.2, 0) is 16.0 Å². The van der Waals surface area contributed by atoms with Crippen LogP contribution in [-0.4, -0.2) is 12.1 Å². The van der Waals surface area contributed by atoms with Crippen LogP contribution in [0.3, 0.4) is 0 Å². The summed E-state index contributed by atoms with van der Waals surface area (Å²) >= 11 is 0. The minimum absolute atomic E-state index is 0.0330. The van der Waals surface area contributed by atoms with E-state index >= 15 is 0 Å². The fraction of sp³-hybridized carbons (Fsp3) is 0.586. The quantitative estimate of drug-likeness (QED) is 0.176. The van der Waals surface area contributed by atoms with Crippen molar-refractivity contribution in [1.29, 1.82) is 5.26 Å². The molecule has 0 radical (unpaired) electrons. The van der Waals surface area contributed by atoms with Gasteiger partial charge in [0.25, 0.3) is 0 Å². The van der Waals surface area contributed by atoms with E-state index in [1.807, 2.05) is 12.1 Å². The van der Waals surface area contributed by atoms with Crippen LogP contribution in [0, 0.1) is 23.2 Å². The van der Waals surface area contributed by atoms with Crippen molar-refractivity contribution in [3.63, 3.8) is 0 Å². The Morgan fingerprint density at radius 2 is 1.72 bits per heavy atom. The highest BCUT2D eigenvalue weighted by Crippen LogP contribution is 2.37. The summed E-state index contributed by atoms with van der Waals surface area (Å²) in [5.41, 5.74) is 2.88. The van der Waals surface area contributed by atoms with Crippen molar-refractivity contribution in [3.8, 4) is 6.07 Å². The maximum atomic E-state index is 12.7. The zero-order valence-corrected chi connectivity index (χ0v) is 19.7. The van der Waals surface area contributed by atoms with Crippen molar-refractivity contribution in [2.45, 2.75) is 96.0 Å². The summed E-state index contributed by atoms with van der Waals surface area (Å²) < 4.78 is 5.91. The molecule has 0 atom stereocenters. The van der Waals surface area contributed by atoms with Gasteiger partial charge in [0.05, 0.1) is 12.0 Å². The van der Waals surface area contributed by atoms with E-state index < -0.39 is 0 Å². The molecule has 3 nitrogen and oxygen atoms in total. The third-order valence-electron chi connectivity index (χ3n) is 7.25. The highest BCUT2D eigenvalue weighted by Gasteiger charge is 2.30. The molecule has 0 unspecified atom stereocenters. The van der Waals surface area contributed by atoms with Gasteiger partial charge in [-0.2, -0.15) is 5.26 Å². The predicted octanol–water partition coefficient (Wildman–Crippen LogP) is 7.43. The molecule has 172 valence electrons. The lowest BCUT2D eigenvalue weighted by Crippen LogP contribution is -2.29. The lowest BCUT2D eigenvalue weighted by atomic mass is 9.78. The number of nitriles is 1. The van der Waals surface area contributed by atoms with Crippen LogP contribution in [0.5, 0.6) is 0 Å². The Hall–Kier alpha value is -2.34. The number of allylic oxidation sites excluding steroid dienone is 4. The Labute approximate surface area is 194 Å². The SMILES string of the molecule is CCCCCc1ccc(C2CCC(C(=O)OC3CCC(/C=C/C=CC#N)CC3)CC2)cc1. The van der Waals surface area contributed by atoms with Crippen molar-refractivity contribution < 1.29 is 9.53 Å². The van der Waals surface area contributed by atoms with Gasteiger partial charge in [-0.3, -0.25) is 4.79 Å². The maximum absolute atomic E-state index is 12.7. The van der Waals surface area contributed by atoms with Gasteiger partial charge in [-0.05, 0) is 87.2 Å². The zero-order chi connectivity index (χ0) is 22.6. The molecule has 1 aromatic carbocycles. The molecule has 0 saturated heterocycles. The van der Waals surface area contributed by atoms with E-state index in [9.17, 15) is 4.79 Å². The molecule has 3 heteroatoms. The van der Waals surface area contributed by atoms with Gasteiger partial charge in [0.1, 0.15) is 6.10 Å². The van der Waals surface area contributed by atoms with Crippen LogP contribution < -0.4 is 0 Å². The first-order valence-corrected chi connectivity index (χ1v) is 12.7. The van der Waals surface area contributed by atoms with Crippen molar-refractivity contribution in [3.05, 3.63) is 59.7 Å². The van der Waals surface area contributed by atoms with Gasteiger partial charge in [-0.15, -0.1) is 0 Å². The Balaban J connectivity index is 1.37. The summed E-state index contributed by atoms with van der Waals surface area (Å²) in [6.07, 6.45) is 20.6. The summed E-state index contributed by atoms with van der Waals surface area (Å²) in [6.45, 7) is 2.25. The third-order valence-corrected chi connectivity index (χ3v) is 7.25. The Morgan fingerprint density at radius 1 is 1.00 bits per heavy atom.